The van der Waals surface area contributed by atoms with Crippen LogP contribution in [0.4, 0.5) is 0 Å². The van der Waals surface area contributed by atoms with Crippen molar-refractivity contribution in [1.29, 1.82) is 0 Å². The average molecular weight is 324 g/mol. The van der Waals surface area contributed by atoms with Crippen LogP contribution in [0.3, 0.4) is 0 Å². The van der Waals surface area contributed by atoms with E-state index in [1.807, 2.05) is 6.07 Å². The maximum atomic E-state index is 13.0. The molecule has 2 aliphatic heterocycles. The Bertz CT molecular complexity index is 731. The van der Waals surface area contributed by atoms with E-state index in [2.05, 4.69) is 24.9 Å². The molecule has 0 spiro atoms. The predicted molar refractivity (Wildman–Crippen MR) is 92.6 cm³/mol. The normalized spacial score (nSPS) is 24.5. The number of fused-ring (bicyclic) bond motifs is 1. The molecule has 4 heteroatoms. The molecule has 126 valence electrons. The molecule has 1 atom stereocenters. The van der Waals surface area contributed by atoms with Crippen LogP contribution < -0.4 is 5.32 Å². The van der Waals surface area contributed by atoms with Gasteiger partial charge in [-0.3, -0.25) is 9.59 Å². The van der Waals surface area contributed by atoms with E-state index in [1.54, 1.807) is 4.90 Å². The second kappa shape index (κ2) is 5.76. The minimum atomic E-state index is -0.368. The van der Waals surface area contributed by atoms with Gasteiger partial charge in [0.2, 0.25) is 5.91 Å². The van der Waals surface area contributed by atoms with Gasteiger partial charge < -0.3 is 10.2 Å². The molecule has 2 amide bonds. The molecule has 1 saturated carbocycles. The molecule has 1 aromatic rings. The van der Waals surface area contributed by atoms with Crippen LogP contribution in [0.25, 0.3) is 0 Å². The summed E-state index contributed by atoms with van der Waals surface area (Å²) in [5.74, 6) is 0.499. The van der Waals surface area contributed by atoms with Gasteiger partial charge in [0.25, 0.3) is 5.91 Å². The third-order valence-electron chi connectivity index (χ3n) is 5.74. The molecule has 24 heavy (non-hydrogen) atoms. The first-order valence-corrected chi connectivity index (χ1v) is 8.97. The fourth-order valence-corrected chi connectivity index (χ4v) is 4.52. The molecule has 1 saturated heterocycles. The van der Waals surface area contributed by atoms with E-state index < -0.39 is 0 Å². The number of rotatable bonds is 2. The maximum absolute atomic E-state index is 13.0. The second-order valence-corrected chi connectivity index (χ2v) is 7.44. The first-order valence-electron chi connectivity index (χ1n) is 8.97. The zero-order valence-corrected chi connectivity index (χ0v) is 14.2. The van der Waals surface area contributed by atoms with Gasteiger partial charge in [-0.15, -0.1) is 0 Å². The summed E-state index contributed by atoms with van der Waals surface area (Å²) in [5, 5.41) is 2.81. The highest BCUT2D eigenvalue weighted by Crippen LogP contribution is 2.40. The summed E-state index contributed by atoms with van der Waals surface area (Å²) in [6.45, 7) is 6.46. The topological polar surface area (TPSA) is 49.4 Å². The number of carbonyl (C=O) groups excluding carboxylic acids is 2. The van der Waals surface area contributed by atoms with Crippen LogP contribution in [0.1, 0.15) is 71.5 Å². The van der Waals surface area contributed by atoms with E-state index in [9.17, 15) is 9.59 Å². The number of allylic oxidation sites excluding steroid dienone is 1. The van der Waals surface area contributed by atoms with Crippen LogP contribution in [0.5, 0.6) is 0 Å². The number of benzene rings is 1. The Balaban J connectivity index is 1.68. The van der Waals surface area contributed by atoms with Crippen LogP contribution in [0, 0.1) is 6.92 Å². The summed E-state index contributed by atoms with van der Waals surface area (Å²) in [4.78, 5) is 27.1. The Morgan fingerprint density at radius 2 is 1.92 bits per heavy atom. The molecule has 1 N–H and O–H groups in total. The molecule has 0 aromatic heterocycles. The molecule has 0 bridgehead atoms. The molecular weight excluding hydrogens is 300 g/mol. The fraction of sp³-hybridized carbons (Fsp3) is 0.500. The molecular formula is C20H24N2O2. The quantitative estimate of drug-likeness (QED) is 0.906. The third kappa shape index (κ3) is 2.45. The number of nitrogens with one attached hydrogen (secondary N) is 1. The van der Waals surface area contributed by atoms with Crippen molar-refractivity contribution in [3.63, 3.8) is 0 Å². The molecule has 4 rings (SSSR count). The predicted octanol–water partition coefficient (Wildman–Crippen LogP) is 3.40. The Morgan fingerprint density at radius 1 is 1.17 bits per heavy atom. The highest BCUT2D eigenvalue weighted by Gasteiger charge is 2.39. The monoisotopic (exact) mass is 324 g/mol. The lowest BCUT2D eigenvalue weighted by molar-refractivity contribution is -0.126. The van der Waals surface area contributed by atoms with E-state index in [0.29, 0.717) is 18.9 Å². The summed E-state index contributed by atoms with van der Waals surface area (Å²) >= 11 is 0. The number of hydrogen-bond acceptors (Lipinski definition) is 2. The first-order chi connectivity index (χ1) is 11.5. The maximum Gasteiger partial charge on any atom is 0.255 e. The summed E-state index contributed by atoms with van der Waals surface area (Å²) in [5.41, 5.74) is 5.22. The molecule has 2 fully saturated rings. The van der Waals surface area contributed by atoms with Crippen molar-refractivity contribution < 1.29 is 9.59 Å². The van der Waals surface area contributed by atoms with Crippen molar-refractivity contribution >= 4 is 11.8 Å². The number of hydrogen-bond donors (Lipinski definition) is 1. The standard InChI is InChI=1S/C20H24N2O2/c1-12-9-15(14-5-3-4-6-14)17-11-22(20(24)16(17)10-12)18-8-7-13(2)21-19(18)23/h9-10,14,18H,2-8,11H2,1H3,(H,21,23). The third-order valence-corrected chi connectivity index (χ3v) is 5.74. The van der Waals surface area contributed by atoms with E-state index in [0.717, 1.165) is 28.8 Å². The van der Waals surface area contributed by atoms with Gasteiger partial charge in [0.1, 0.15) is 6.04 Å². The molecule has 4 nitrogen and oxygen atoms in total. The van der Waals surface area contributed by atoms with Crippen LogP contribution in [0.15, 0.2) is 24.4 Å². The summed E-state index contributed by atoms with van der Waals surface area (Å²) in [7, 11) is 0. The summed E-state index contributed by atoms with van der Waals surface area (Å²) in [6.07, 6.45) is 6.39. The molecule has 1 aromatic carbocycles. The molecule has 2 heterocycles. The average Bonchev–Trinajstić information content (AvgIpc) is 3.17. The van der Waals surface area contributed by atoms with Crippen molar-refractivity contribution in [2.24, 2.45) is 0 Å². The van der Waals surface area contributed by atoms with Gasteiger partial charge in [0, 0.05) is 17.8 Å². The molecule has 1 unspecified atom stereocenters. The largest absolute Gasteiger partial charge is 0.329 e. The lowest BCUT2D eigenvalue weighted by atomic mass is 9.89. The smallest absolute Gasteiger partial charge is 0.255 e. The van der Waals surface area contributed by atoms with Gasteiger partial charge in [-0.25, -0.2) is 0 Å². The van der Waals surface area contributed by atoms with Crippen LogP contribution >= 0.6 is 0 Å². The lowest BCUT2D eigenvalue weighted by Gasteiger charge is -2.31. The zero-order chi connectivity index (χ0) is 16.8. The molecule has 3 aliphatic rings. The van der Waals surface area contributed by atoms with Gasteiger partial charge in [-0.2, -0.15) is 0 Å². The lowest BCUT2D eigenvalue weighted by Crippen LogP contribution is -2.49. The summed E-state index contributed by atoms with van der Waals surface area (Å²) in [6, 6.07) is 3.89. The van der Waals surface area contributed by atoms with Crippen molar-refractivity contribution in [2.75, 3.05) is 0 Å². The fourth-order valence-electron chi connectivity index (χ4n) is 4.52. The van der Waals surface area contributed by atoms with Crippen LogP contribution in [0.2, 0.25) is 0 Å². The number of nitrogens with zero attached hydrogens (tertiary/aromatic N) is 1. The van der Waals surface area contributed by atoms with E-state index in [1.165, 1.54) is 31.2 Å². The Kier molecular flexibility index (Phi) is 3.70. The molecule has 0 radical (unpaired) electrons. The number of aryl methyl sites for hydroxylation is 1. The number of piperidine rings is 1. The van der Waals surface area contributed by atoms with Gasteiger partial charge in [0.05, 0.1) is 0 Å². The van der Waals surface area contributed by atoms with Crippen LogP contribution in [-0.2, 0) is 11.3 Å². The minimum Gasteiger partial charge on any atom is -0.329 e. The molecule has 1 aliphatic carbocycles. The van der Waals surface area contributed by atoms with Gasteiger partial charge in [0.15, 0.2) is 0 Å². The van der Waals surface area contributed by atoms with Crippen molar-refractivity contribution in [3.8, 4) is 0 Å². The van der Waals surface area contributed by atoms with Crippen LogP contribution in [-0.4, -0.2) is 22.8 Å². The number of amides is 2. The Hall–Kier alpha value is -2.10. The van der Waals surface area contributed by atoms with E-state index in [4.69, 9.17) is 0 Å². The van der Waals surface area contributed by atoms with Gasteiger partial charge in [-0.05, 0) is 55.7 Å². The minimum absolute atomic E-state index is 0.0145. The Morgan fingerprint density at radius 3 is 2.62 bits per heavy atom. The summed E-state index contributed by atoms with van der Waals surface area (Å²) < 4.78 is 0. The van der Waals surface area contributed by atoms with Crippen molar-refractivity contribution in [2.45, 2.75) is 64.0 Å². The first kappa shape index (κ1) is 15.4. The second-order valence-electron chi connectivity index (χ2n) is 7.44. The van der Waals surface area contributed by atoms with E-state index in [-0.39, 0.29) is 17.9 Å². The van der Waals surface area contributed by atoms with E-state index >= 15 is 0 Å². The van der Waals surface area contributed by atoms with Crippen molar-refractivity contribution in [3.05, 3.63) is 46.7 Å². The zero-order valence-electron chi connectivity index (χ0n) is 14.2. The number of carbonyl (C=O) groups is 2. The van der Waals surface area contributed by atoms with Crippen molar-refractivity contribution in [1.82, 2.24) is 10.2 Å². The highest BCUT2D eigenvalue weighted by atomic mass is 16.2. The Labute approximate surface area is 142 Å². The highest BCUT2D eigenvalue weighted by molar-refractivity contribution is 6.02. The SMILES string of the molecule is C=C1CCC(N2Cc3c(cc(C)cc3C3CCCC3)C2=O)C(=O)N1. The van der Waals surface area contributed by atoms with Gasteiger partial charge in [-0.1, -0.05) is 31.1 Å². The van der Waals surface area contributed by atoms with Gasteiger partial charge >= 0.3 is 0 Å².